The Morgan fingerprint density at radius 2 is 2.05 bits per heavy atom. The number of hydrogen-bond acceptors (Lipinski definition) is 6. The number of hydrazine groups is 1. The molecule has 4 N–H and O–H groups in total. The van der Waals surface area contributed by atoms with Crippen LogP contribution in [0, 0.1) is 0 Å². The molecule has 0 saturated carbocycles. The minimum absolute atomic E-state index is 0.0135. The van der Waals surface area contributed by atoms with Gasteiger partial charge >= 0.3 is 0 Å². The minimum Gasteiger partial charge on any atom is -0.497 e. The van der Waals surface area contributed by atoms with E-state index in [4.69, 9.17) is 22.2 Å². The lowest BCUT2D eigenvalue weighted by Gasteiger charge is -2.11. The van der Waals surface area contributed by atoms with E-state index in [9.17, 15) is 8.42 Å². The summed E-state index contributed by atoms with van der Waals surface area (Å²) in [5.41, 5.74) is 2.54. The van der Waals surface area contributed by atoms with Crippen molar-refractivity contribution in [2.24, 2.45) is 5.84 Å². The Labute approximate surface area is 127 Å². The van der Waals surface area contributed by atoms with Crippen molar-refractivity contribution in [3.05, 3.63) is 41.6 Å². The summed E-state index contributed by atoms with van der Waals surface area (Å²) in [5.74, 6) is 6.01. The smallest absolute Gasteiger partial charge is 0.263 e. The van der Waals surface area contributed by atoms with Crippen molar-refractivity contribution in [1.29, 1.82) is 0 Å². The molecule has 1 aromatic heterocycles. The molecule has 0 saturated heterocycles. The quantitative estimate of drug-likeness (QED) is 0.571. The summed E-state index contributed by atoms with van der Waals surface area (Å²) < 4.78 is 31.9. The second-order valence-corrected chi connectivity index (χ2v) is 6.06. The molecule has 0 aliphatic carbocycles. The number of nitrogens with one attached hydrogen (secondary N) is 2. The number of benzene rings is 1. The Balaban J connectivity index is 2.32. The van der Waals surface area contributed by atoms with Crippen molar-refractivity contribution in [1.82, 2.24) is 4.98 Å². The van der Waals surface area contributed by atoms with Crippen LogP contribution in [0.3, 0.4) is 0 Å². The normalized spacial score (nSPS) is 11.0. The average Bonchev–Trinajstić information content (AvgIpc) is 2.49. The molecule has 2 rings (SSSR count). The molecule has 0 spiro atoms. The highest BCUT2D eigenvalue weighted by Crippen LogP contribution is 2.28. The lowest BCUT2D eigenvalue weighted by Crippen LogP contribution is -2.14. The SMILES string of the molecule is COc1ccc(Cl)c(NS(=O)(=O)c2ccc(NN)nc2)c1. The van der Waals surface area contributed by atoms with E-state index in [1.807, 2.05) is 0 Å². The Hall–Kier alpha value is -2.03. The lowest BCUT2D eigenvalue weighted by atomic mass is 10.3. The van der Waals surface area contributed by atoms with E-state index in [1.54, 1.807) is 6.07 Å². The maximum absolute atomic E-state index is 12.3. The number of anilines is 2. The van der Waals surface area contributed by atoms with Crippen LogP contribution in [-0.2, 0) is 10.0 Å². The molecule has 0 bridgehead atoms. The predicted molar refractivity (Wildman–Crippen MR) is 80.9 cm³/mol. The zero-order valence-electron chi connectivity index (χ0n) is 11.0. The molecule has 21 heavy (non-hydrogen) atoms. The number of nitrogens with two attached hydrogens (primary N) is 1. The lowest BCUT2D eigenvalue weighted by molar-refractivity contribution is 0.415. The van der Waals surface area contributed by atoms with Crippen LogP contribution in [0.4, 0.5) is 11.5 Å². The number of sulfonamides is 1. The van der Waals surface area contributed by atoms with Gasteiger partial charge in [0.25, 0.3) is 10.0 Å². The van der Waals surface area contributed by atoms with Crippen molar-refractivity contribution >= 4 is 33.1 Å². The fraction of sp³-hybridized carbons (Fsp3) is 0.0833. The van der Waals surface area contributed by atoms with E-state index in [0.717, 1.165) is 0 Å². The largest absolute Gasteiger partial charge is 0.497 e. The molecule has 0 radical (unpaired) electrons. The van der Waals surface area contributed by atoms with Gasteiger partial charge in [0.1, 0.15) is 16.5 Å². The van der Waals surface area contributed by atoms with Gasteiger partial charge in [-0.1, -0.05) is 11.6 Å². The van der Waals surface area contributed by atoms with E-state index in [0.29, 0.717) is 11.6 Å². The molecular weight excluding hydrogens is 316 g/mol. The predicted octanol–water partition coefficient (Wildman–Crippen LogP) is 1.83. The standard InChI is InChI=1S/C12H13ClN4O3S/c1-20-8-2-4-10(13)11(6-8)17-21(18,19)9-3-5-12(16-14)15-7-9/h2-7,17H,14H2,1H3,(H,15,16). The van der Waals surface area contributed by atoms with Crippen molar-refractivity contribution in [2.45, 2.75) is 4.90 Å². The highest BCUT2D eigenvalue weighted by Gasteiger charge is 2.16. The van der Waals surface area contributed by atoms with Gasteiger partial charge in [-0.2, -0.15) is 0 Å². The summed E-state index contributed by atoms with van der Waals surface area (Å²) in [6.07, 6.45) is 1.19. The summed E-state index contributed by atoms with van der Waals surface area (Å²) in [5, 5.41) is 0.257. The highest BCUT2D eigenvalue weighted by molar-refractivity contribution is 7.92. The van der Waals surface area contributed by atoms with Gasteiger partial charge in [0.2, 0.25) is 0 Å². The van der Waals surface area contributed by atoms with Crippen LogP contribution < -0.4 is 20.7 Å². The van der Waals surface area contributed by atoms with Crippen molar-refractivity contribution in [3.8, 4) is 5.75 Å². The van der Waals surface area contributed by atoms with Crippen LogP contribution in [0.5, 0.6) is 5.75 Å². The number of rotatable bonds is 5. The fourth-order valence-electron chi connectivity index (χ4n) is 1.54. The Morgan fingerprint density at radius 3 is 2.62 bits per heavy atom. The molecular formula is C12H13ClN4O3S. The number of nitrogens with zero attached hydrogens (tertiary/aromatic N) is 1. The Bertz CT molecular complexity index is 735. The zero-order valence-corrected chi connectivity index (χ0v) is 12.6. The van der Waals surface area contributed by atoms with Crippen molar-refractivity contribution in [3.63, 3.8) is 0 Å². The van der Waals surface area contributed by atoms with Crippen LogP contribution in [0.2, 0.25) is 5.02 Å². The van der Waals surface area contributed by atoms with E-state index < -0.39 is 10.0 Å². The Kier molecular flexibility index (Phi) is 4.51. The van der Waals surface area contributed by atoms with Gasteiger partial charge in [-0.25, -0.2) is 19.2 Å². The van der Waals surface area contributed by atoms with Crippen LogP contribution in [0.15, 0.2) is 41.4 Å². The third kappa shape index (κ3) is 3.54. The summed E-state index contributed by atoms with van der Waals surface area (Å²) in [6, 6.07) is 7.48. The summed E-state index contributed by atoms with van der Waals surface area (Å²) >= 11 is 5.97. The third-order valence-electron chi connectivity index (χ3n) is 2.61. The number of methoxy groups -OCH3 is 1. The molecule has 0 amide bonds. The molecule has 7 nitrogen and oxygen atoms in total. The topological polar surface area (TPSA) is 106 Å². The van der Waals surface area contributed by atoms with Crippen LogP contribution in [0.1, 0.15) is 0 Å². The van der Waals surface area contributed by atoms with Gasteiger partial charge in [-0.3, -0.25) is 4.72 Å². The van der Waals surface area contributed by atoms with E-state index in [2.05, 4.69) is 15.1 Å². The van der Waals surface area contributed by atoms with Gasteiger partial charge in [-0.05, 0) is 24.3 Å². The average molecular weight is 329 g/mol. The van der Waals surface area contributed by atoms with E-state index >= 15 is 0 Å². The molecule has 0 atom stereocenters. The van der Waals surface area contributed by atoms with Gasteiger partial charge in [0.05, 0.1) is 17.8 Å². The maximum atomic E-state index is 12.3. The molecule has 0 aliphatic rings. The number of halogens is 1. The van der Waals surface area contributed by atoms with Gasteiger partial charge in [0.15, 0.2) is 0 Å². The molecule has 1 heterocycles. The van der Waals surface area contributed by atoms with Gasteiger partial charge in [-0.15, -0.1) is 0 Å². The minimum atomic E-state index is -3.81. The van der Waals surface area contributed by atoms with Crippen molar-refractivity contribution in [2.75, 3.05) is 17.3 Å². The second-order valence-electron chi connectivity index (χ2n) is 3.97. The van der Waals surface area contributed by atoms with Crippen LogP contribution >= 0.6 is 11.6 Å². The van der Waals surface area contributed by atoms with E-state index in [-0.39, 0.29) is 15.6 Å². The monoisotopic (exact) mass is 328 g/mol. The fourth-order valence-corrected chi connectivity index (χ4v) is 2.77. The van der Waals surface area contributed by atoms with Gasteiger partial charge < -0.3 is 10.2 Å². The first-order valence-corrected chi connectivity index (χ1v) is 7.61. The molecule has 112 valence electrons. The first kappa shape index (κ1) is 15.4. The molecule has 2 aromatic rings. The third-order valence-corrected chi connectivity index (χ3v) is 4.29. The van der Waals surface area contributed by atoms with Crippen molar-refractivity contribution < 1.29 is 13.2 Å². The maximum Gasteiger partial charge on any atom is 0.263 e. The number of nitrogen functional groups attached to an aromatic ring is 1. The highest BCUT2D eigenvalue weighted by atomic mass is 35.5. The first-order valence-electron chi connectivity index (χ1n) is 5.75. The number of hydrogen-bond donors (Lipinski definition) is 3. The first-order chi connectivity index (χ1) is 9.96. The molecule has 9 heteroatoms. The zero-order chi connectivity index (χ0) is 15.5. The number of aromatic nitrogens is 1. The number of pyridine rings is 1. The summed E-state index contributed by atoms with van der Waals surface area (Å²) in [4.78, 5) is 3.83. The molecule has 0 fully saturated rings. The molecule has 1 aromatic carbocycles. The second kappa shape index (κ2) is 6.17. The molecule has 0 unspecified atom stereocenters. The summed E-state index contributed by atoms with van der Waals surface area (Å²) in [6.45, 7) is 0. The Morgan fingerprint density at radius 1 is 1.29 bits per heavy atom. The van der Waals surface area contributed by atoms with Gasteiger partial charge in [0, 0.05) is 12.3 Å². The van der Waals surface area contributed by atoms with Crippen LogP contribution in [-0.4, -0.2) is 20.5 Å². The van der Waals surface area contributed by atoms with Crippen LogP contribution in [0.25, 0.3) is 0 Å². The molecule has 0 aliphatic heterocycles. The summed E-state index contributed by atoms with van der Waals surface area (Å²) in [7, 11) is -2.33. The number of ether oxygens (including phenoxy) is 1. The van der Waals surface area contributed by atoms with E-state index in [1.165, 1.54) is 37.6 Å².